The molecule has 5 rings (SSSR count). The quantitative estimate of drug-likeness (QED) is 0.255. The SMILES string of the molecule is COc1ccc(-n2c(SCC(=O)N(c3ccccc3)c3ccccc3)nnc2-c2cccnc2)cc1. The summed E-state index contributed by atoms with van der Waals surface area (Å²) in [5.41, 5.74) is 3.30. The number of benzene rings is 3. The molecule has 7 nitrogen and oxygen atoms in total. The van der Waals surface area contributed by atoms with Gasteiger partial charge in [0.2, 0.25) is 5.91 Å². The predicted octanol–water partition coefficient (Wildman–Crippen LogP) is 5.79. The molecule has 36 heavy (non-hydrogen) atoms. The van der Waals surface area contributed by atoms with E-state index < -0.39 is 0 Å². The van der Waals surface area contributed by atoms with E-state index in [9.17, 15) is 4.79 Å². The highest BCUT2D eigenvalue weighted by molar-refractivity contribution is 7.99. The van der Waals surface area contributed by atoms with Gasteiger partial charge in [0.15, 0.2) is 11.0 Å². The van der Waals surface area contributed by atoms with Crippen LogP contribution in [0.4, 0.5) is 11.4 Å². The number of para-hydroxylation sites is 2. The molecule has 1 amide bonds. The number of pyridine rings is 1. The Morgan fingerprint density at radius 3 is 2.11 bits per heavy atom. The summed E-state index contributed by atoms with van der Waals surface area (Å²) in [5, 5.41) is 9.48. The van der Waals surface area contributed by atoms with Crippen molar-refractivity contribution in [2.75, 3.05) is 17.8 Å². The van der Waals surface area contributed by atoms with Gasteiger partial charge >= 0.3 is 0 Å². The Morgan fingerprint density at radius 1 is 0.861 bits per heavy atom. The Morgan fingerprint density at radius 2 is 1.53 bits per heavy atom. The largest absolute Gasteiger partial charge is 0.497 e. The minimum Gasteiger partial charge on any atom is -0.497 e. The van der Waals surface area contributed by atoms with Crippen molar-refractivity contribution in [3.63, 3.8) is 0 Å². The normalized spacial score (nSPS) is 10.7. The molecule has 0 aliphatic heterocycles. The maximum absolute atomic E-state index is 13.5. The van der Waals surface area contributed by atoms with Crippen molar-refractivity contribution in [1.29, 1.82) is 0 Å². The molecular weight excluding hydrogens is 470 g/mol. The Kier molecular flexibility index (Phi) is 7.05. The van der Waals surface area contributed by atoms with Crippen molar-refractivity contribution in [2.45, 2.75) is 5.16 Å². The van der Waals surface area contributed by atoms with Gasteiger partial charge in [-0.05, 0) is 60.7 Å². The lowest BCUT2D eigenvalue weighted by Crippen LogP contribution is -2.27. The molecule has 0 aliphatic carbocycles. The van der Waals surface area contributed by atoms with Gasteiger partial charge in [0.25, 0.3) is 0 Å². The fourth-order valence-corrected chi connectivity index (χ4v) is 4.59. The Labute approximate surface area is 213 Å². The monoisotopic (exact) mass is 493 g/mol. The van der Waals surface area contributed by atoms with Gasteiger partial charge in [-0.25, -0.2) is 0 Å². The van der Waals surface area contributed by atoms with E-state index in [1.165, 1.54) is 11.8 Å². The number of carbonyl (C=O) groups excluding carboxylic acids is 1. The molecule has 0 aliphatic rings. The lowest BCUT2D eigenvalue weighted by molar-refractivity contribution is -0.115. The van der Waals surface area contributed by atoms with Crippen LogP contribution >= 0.6 is 11.8 Å². The predicted molar refractivity (Wildman–Crippen MR) is 142 cm³/mol. The number of nitrogens with zero attached hydrogens (tertiary/aromatic N) is 5. The second kappa shape index (κ2) is 10.9. The van der Waals surface area contributed by atoms with Crippen molar-refractivity contribution in [3.05, 3.63) is 109 Å². The van der Waals surface area contributed by atoms with E-state index >= 15 is 0 Å². The van der Waals surface area contributed by atoms with Crippen molar-refractivity contribution in [1.82, 2.24) is 19.7 Å². The molecule has 0 N–H and O–H groups in total. The highest BCUT2D eigenvalue weighted by Gasteiger charge is 2.21. The molecule has 0 unspecified atom stereocenters. The average molecular weight is 494 g/mol. The third kappa shape index (κ3) is 4.99. The molecule has 0 radical (unpaired) electrons. The van der Waals surface area contributed by atoms with Crippen LogP contribution in [0.5, 0.6) is 5.75 Å². The molecular formula is C28H23N5O2S. The molecule has 0 spiro atoms. The first-order valence-corrected chi connectivity index (χ1v) is 12.3. The molecule has 0 fully saturated rings. The van der Waals surface area contributed by atoms with Crippen LogP contribution in [0.1, 0.15) is 0 Å². The zero-order valence-electron chi connectivity index (χ0n) is 19.6. The fraction of sp³-hybridized carbons (Fsp3) is 0.0714. The van der Waals surface area contributed by atoms with E-state index in [-0.39, 0.29) is 11.7 Å². The number of rotatable bonds is 8. The van der Waals surface area contributed by atoms with Crippen LogP contribution in [0.2, 0.25) is 0 Å². The second-order valence-corrected chi connectivity index (χ2v) is 8.71. The first-order valence-electron chi connectivity index (χ1n) is 11.3. The summed E-state index contributed by atoms with van der Waals surface area (Å²) in [5.74, 6) is 1.50. The molecule has 0 bridgehead atoms. The maximum atomic E-state index is 13.5. The van der Waals surface area contributed by atoms with Gasteiger partial charge in [0.1, 0.15) is 5.75 Å². The Bertz CT molecular complexity index is 1390. The van der Waals surface area contributed by atoms with Crippen LogP contribution in [-0.2, 0) is 4.79 Å². The lowest BCUT2D eigenvalue weighted by Gasteiger charge is -2.23. The highest BCUT2D eigenvalue weighted by Crippen LogP contribution is 2.31. The van der Waals surface area contributed by atoms with Gasteiger partial charge < -0.3 is 4.74 Å². The van der Waals surface area contributed by atoms with Crippen LogP contribution in [0.15, 0.2) is 115 Å². The smallest absolute Gasteiger partial charge is 0.242 e. The second-order valence-electron chi connectivity index (χ2n) is 7.77. The zero-order valence-corrected chi connectivity index (χ0v) is 20.4. The molecule has 0 saturated carbocycles. The summed E-state index contributed by atoms with van der Waals surface area (Å²) >= 11 is 1.34. The zero-order chi connectivity index (χ0) is 24.7. The third-order valence-corrected chi connectivity index (χ3v) is 6.40. The number of hydrogen-bond acceptors (Lipinski definition) is 6. The number of carbonyl (C=O) groups is 1. The van der Waals surface area contributed by atoms with Crippen LogP contribution in [0.25, 0.3) is 17.1 Å². The number of methoxy groups -OCH3 is 1. The van der Waals surface area contributed by atoms with Gasteiger partial charge in [-0.1, -0.05) is 48.2 Å². The minimum absolute atomic E-state index is 0.0652. The van der Waals surface area contributed by atoms with Crippen LogP contribution < -0.4 is 9.64 Å². The number of aromatic nitrogens is 4. The van der Waals surface area contributed by atoms with Crippen molar-refractivity contribution in [2.24, 2.45) is 0 Å². The highest BCUT2D eigenvalue weighted by atomic mass is 32.2. The van der Waals surface area contributed by atoms with Gasteiger partial charge in [-0.3, -0.25) is 19.2 Å². The number of ether oxygens (including phenoxy) is 1. The molecule has 0 atom stereocenters. The number of anilines is 2. The van der Waals surface area contributed by atoms with E-state index in [0.717, 1.165) is 28.4 Å². The molecule has 2 aromatic heterocycles. The molecule has 5 aromatic rings. The first-order chi connectivity index (χ1) is 17.7. The van der Waals surface area contributed by atoms with Crippen LogP contribution in [-0.4, -0.2) is 38.5 Å². The molecule has 0 saturated heterocycles. The van der Waals surface area contributed by atoms with Gasteiger partial charge in [-0.2, -0.15) is 0 Å². The average Bonchev–Trinajstić information content (AvgIpc) is 3.38. The number of thioether (sulfide) groups is 1. The Hall–Kier alpha value is -4.43. The van der Waals surface area contributed by atoms with E-state index in [4.69, 9.17) is 4.74 Å². The Balaban J connectivity index is 1.47. The van der Waals surface area contributed by atoms with E-state index in [2.05, 4.69) is 15.2 Å². The van der Waals surface area contributed by atoms with Crippen molar-refractivity contribution < 1.29 is 9.53 Å². The number of hydrogen-bond donors (Lipinski definition) is 0. The minimum atomic E-state index is -0.0652. The third-order valence-electron chi connectivity index (χ3n) is 5.49. The summed E-state index contributed by atoms with van der Waals surface area (Å²) in [6, 6.07) is 30.7. The van der Waals surface area contributed by atoms with E-state index in [1.807, 2.05) is 102 Å². The van der Waals surface area contributed by atoms with Gasteiger partial charge in [0, 0.05) is 35.0 Å². The summed E-state index contributed by atoms with van der Waals surface area (Å²) < 4.78 is 7.25. The molecule has 3 aromatic carbocycles. The molecule has 2 heterocycles. The van der Waals surface area contributed by atoms with E-state index in [0.29, 0.717) is 11.0 Å². The van der Waals surface area contributed by atoms with Gasteiger partial charge in [0.05, 0.1) is 12.9 Å². The summed E-state index contributed by atoms with van der Waals surface area (Å²) in [4.78, 5) is 19.5. The van der Waals surface area contributed by atoms with Crippen molar-refractivity contribution in [3.8, 4) is 22.8 Å². The van der Waals surface area contributed by atoms with Gasteiger partial charge in [-0.15, -0.1) is 10.2 Å². The maximum Gasteiger partial charge on any atom is 0.242 e. The van der Waals surface area contributed by atoms with Crippen LogP contribution in [0, 0.1) is 0 Å². The topological polar surface area (TPSA) is 73.1 Å². The summed E-state index contributed by atoms with van der Waals surface area (Å²) in [6.07, 6.45) is 3.46. The summed E-state index contributed by atoms with van der Waals surface area (Å²) in [6.45, 7) is 0. The van der Waals surface area contributed by atoms with Crippen molar-refractivity contribution >= 4 is 29.0 Å². The first kappa shape index (κ1) is 23.3. The summed E-state index contributed by atoms with van der Waals surface area (Å²) in [7, 11) is 1.63. The lowest BCUT2D eigenvalue weighted by atomic mass is 10.2. The van der Waals surface area contributed by atoms with E-state index in [1.54, 1.807) is 24.4 Å². The van der Waals surface area contributed by atoms with Crippen LogP contribution in [0.3, 0.4) is 0 Å². The number of amides is 1. The molecule has 178 valence electrons. The fourth-order valence-electron chi connectivity index (χ4n) is 3.79. The molecule has 8 heteroatoms. The standard InChI is InChI=1S/C28H23N5O2S/c1-35-25-16-14-24(15-17-25)33-27(21-9-8-18-29-19-21)30-31-28(33)36-20-26(34)32(22-10-4-2-5-11-22)23-12-6-3-7-13-23/h2-19H,20H2,1H3.